The average Bonchev–Trinajstić information content (AvgIpc) is 2.92. The Bertz CT molecular complexity index is 337. The molecule has 0 spiro atoms. The molecular formula is C13H19N. The quantitative estimate of drug-likeness (QED) is 0.770. The van der Waals surface area contributed by atoms with Crippen LogP contribution < -0.4 is 5.32 Å². The Morgan fingerprint density at radius 3 is 2.57 bits per heavy atom. The van der Waals surface area contributed by atoms with Crippen molar-refractivity contribution in [3.63, 3.8) is 0 Å². The van der Waals surface area contributed by atoms with Gasteiger partial charge in [0.05, 0.1) is 0 Å². The van der Waals surface area contributed by atoms with Crippen molar-refractivity contribution in [2.24, 2.45) is 0 Å². The minimum absolute atomic E-state index is 0.429. The van der Waals surface area contributed by atoms with E-state index in [2.05, 4.69) is 44.4 Å². The Kier molecular flexibility index (Phi) is 2.36. The highest BCUT2D eigenvalue weighted by Crippen LogP contribution is 2.38. The molecule has 1 nitrogen and oxygen atoms in total. The highest BCUT2D eigenvalue weighted by atomic mass is 15.0. The van der Waals surface area contributed by atoms with Gasteiger partial charge in [0.1, 0.15) is 0 Å². The van der Waals surface area contributed by atoms with Crippen molar-refractivity contribution in [2.75, 3.05) is 7.05 Å². The molecule has 14 heavy (non-hydrogen) atoms. The van der Waals surface area contributed by atoms with Gasteiger partial charge in [-0.1, -0.05) is 23.8 Å². The number of nitrogens with one attached hydrogen (secondary N) is 1. The predicted octanol–water partition coefficient (Wildman–Crippen LogP) is 2.60. The molecule has 0 saturated heterocycles. The van der Waals surface area contributed by atoms with Gasteiger partial charge in [-0.3, -0.25) is 0 Å². The van der Waals surface area contributed by atoms with Crippen LogP contribution in [-0.2, 0) is 6.42 Å². The number of aryl methyl sites for hydroxylation is 2. The number of rotatable bonds is 3. The molecule has 1 aromatic rings. The van der Waals surface area contributed by atoms with Crippen LogP contribution in [0, 0.1) is 13.8 Å². The highest BCUT2D eigenvalue weighted by molar-refractivity contribution is 5.33. The predicted molar refractivity (Wildman–Crippen MR) is 60.6 cm³/mol. The van der Waals surface area contributed by atoms with Gasteiger partial charge in [0.25, 0.3) is 0 Å². The third-order valence-electron chi connectivity index (χ3n) is 3.42. The Hall–Kier alpha value is -0.820. The van der Waals surface area contributed by atoms with E-state index in [1.54, 1.807) is 0 Å². The molecule has 1 aromatic carbocycles. The number of hydrogen-bond acceptors (Lipinski definition) is 1. The molecule has 0 radical (unpaired) electrons. The third-order valence-corrected chi connectivity index (χ3v) is 3.42. The molecule has 0 amide bonds. The monoisotopic (exact) mass is 189 g/mol. The van der Waals surface area contributed by atoms with Crippen molar-refractivity contribution in [3.8, 4) is 0 Å². The lowest BCUT2D eigenvalue weighted by molar-refractivity contribution is 0.547. The zero-order valence-electron chi connectivity index (χ0n) is 9.35. The van der Waals surface area contributed by atoms with E-state index in [1.165, 1.54) is 36.0 Å². The maximum absolute atomic E-state index is 3.45. The van der Waals surface area contributed by atoms with Gasteiger partial charge in [0.2, 0.25) is 0 Å². The van der Waals surface area contributed by atoms with Crippen molar-refractivity contribution >= 4 is 0 Å². The fraction of sp³-hybridized carbons (Fsp3) is 0.538. The summed E-state index contributed by atoms with van der Waals surface area (Å²) in [5.41, 5.74) is 4.74. The van der Waals surface area contributed by atoms with Crippen molar-refractivity contribution in [2.45, 2.75) is 38.6 Å². The number of hydrogen-bond donors (Lipinski definition) is 1. The SMILES string of the molecule is CNC1(Cc2cc(C)ccc2C)CC1. The molecule has 1 saturated carbocycles. The standard InChI is InChI=1S/C13H19N/c1-10-4-5-11(2)12(8-10)9-13(14-3)6-7-13/h4-5,8,14H,6-7,9H2,1-3H3. The normalized spacial score (nSPS) is 18.2. The lowest BCUT2D eigenvalue weighted by Crippen LogP contribution is -2.29. The summed E-state index contributed by atoms with van der Waals surface area (Å²) in [6.07, 6.45) is 3.85. The second-order valence-electron chi connectivity index (χ2n) is 4.64. The largest absolute Gasteiger partial charge is 0.314 e. The summed E-state index contributed by atoms with van der Waals surface area (Å²) in [7, 11) is 2.08. The van der Waals surface area contributed by atoms with Gasteiger partial charge in [0, 0.05) is 5.54 Å². The van der Waals surface area contributed by atoms with Crippen LogP contribution >= 0.6 is 0 Å². The second-order valence-corrected chi connectivity index (χ2v) is 4.64. The smallest absolute Gasteiger partial charge is 0.0220 e. The Labute approximate surface area is 86.5 Å². The van der Waals surface area contributed by atoms with Crippen LogP contribution in [0.1, 0.15) is 29.5 Å². The zero-order valence-corrected chi connectivity index (χ0v) is 9.35. The fourth-order valence-corrected chi connectivity index (χ4v) is 2.02. The molecule has 0 aliphatic heterocycles. The van der Waals surface area contributed by atoms with Gasteiger partial charge in [-0.15, -0.1) is 0 Å². The summed E-state index contributed by atoms with van der Waals surface area (Å²) in [5.74, 6) is 0. The summed E-state index contributed by atoms with van der Waals surface area (Å²) in [6, 6.07) is 6.75. The van der Waals surface area contributed by atoms with E-state index >= 15 is 0 Å². The summed E-state index contributed by atoms with van der Waals surface area (Å²) >= 11 is 0. The molecule has 0 atom stereocenters. The maximum atomic E-state index is 3.45. The maximum Gasteiger partial charge on any atom is 0.0220 e. The Morgan fingerprint density at radius 1 is 1.29 bits per heavy atom. The fourth-order valence-electron chi connectivity index (χ4n) is 2.02. The lowest BCUT2D eigenvalue weighted by atomic mass is 9.98. The van der Waals surface area contributed by atoms with E-state index in [0.29, 0.717) is 5.54 Å². The summed E-state index contributed by atoms with van der Waals surface area (Å²) in [5, 5.41) is 3.45. The molecule has 0 heterocycles. The molecule has 76 valence electrons. The molecule has 2 rings (SSSR count). The molecule has 0 bridgehead atoms. The van der Waals surface area contributed by atoms with E-state index in [4.69, 9.17) is 0 Å². The van der Waals surface area contributed by atoms with Crippen LogP contribution in [0.4, 0.5) is 0 Å². The first-order valence-corrected chi connectivity index (χ1v) is 5.40. The van der Waals surface area contributed by atoms with Gasteiger partial charge in [-0.25, -0.2) is 0 Å². The zero-order chi connectivity index (χ0) is 10.2. The average molecular weight is 189 g/mol. The topological polar surface area (TPSA) is 12.0 Å². The van der Waals surface area contributed by atoms with Gasteiger partial charge >= 0.3 is 0 Å². The first-order chi connectivity index (χ1) is 6.65. The van der Waals surface area contributed by atoms with Crippen molar-refractivity contribution < 1.29 is 0 Å². The first-order valence-electron chi connectivity index (χ1n) is 5.40. The molecule has 1 heteroatoms. The van der Waals surface area contributed by atoms with Crippen LogP contribution in [0.25, 0.3) is 0 Å². The van der Waals surface area contributed by atoms with Crippen LogP contribution in [0.15, 0.2) is 18.2 Å². The van der Waals surface area contributed by atoms with Crippen LogP contribution in [-0.4, -0.2) is 12.6 Å². The van der Waals surface area contributed by atoms with Gasteiger partial charge in [-0.2, -0.15) is 0 Å². The minimum Gasteiger partial charge on any atom is -0.314 e. The van der Waals surface area contributed by atoms with Crippen molar-refractivity contribution in [3.05, 3.63) is 34.9 Å². The van der Waals surface area contributed by atoms with Crippen LogP contribution in [0.3, 0.4) is 0 Å². The van der Waals surface area contributed by atoms with E-state index in [9.17, 15) is 0 Å². The molecule has 1 aliphatic rings. The van der Waals surface area contributed by atoms with Crippen LogP contribution in [0.5, 0.6) is 0 Å². The first kappa shape index (κ1) is 9.72. The van der Waals surface area contributed by atoms with Gasteiger partial charge in [0.15, 0.2) is 0 Å². The van der Waals surface area contributed by atoms with Gasteiger partial charge in [-0.05, 0) is 51.3 Å². The third kappa shape index (κ3) is 1.83. The molecule has 1 aliphatic carbocycles. The molecule has 0 unspecified atom stereocenters. The van der Waals surface area contributed by atoms with E-state index < -0.39 is 0 Å². The van der Waals surface area contributed by atoms with Crippen LogP contribution in [0.2, 0.25) is 0 Å². The summed E-state index contributed by atoms with van der Waals surface area (Å²) in [6.45, 7) is 4.38. The number of benzene rings is 1. The molecule has 1 fully saturated rings. The van der Waals surface area contributed by atoms with E-state index in [0.717, 1.165) is 0 Å². The molecule has 0 aromatic heterocycles. The molecule has 1 N–H and O–H groups in total. The summed E-state index contributed by atoms with van der Waals surface area (Å²) < 4.78 is 0. The second kappa shape index (κ2) is 3.39. The van der Waals surface area contributed by atoms with E-state index in [-0.39, 0.29) is 0 Å². The highest BCUT2D eigenvalue weighted by Gasteiger charge is 2.40. The van der Waals surface area contributed by atoms with Crippen molar-refractivity contribution in [1.82, 2.24) is 5.32 Å². The molecular weight excluding hydrogens is 170 g/mol. The van der Waals surface area contributed by atoms with E-state index in [1.807, 2.05) is 0 Å². The summed E-state index contributed by atoms with van der Waals surface area (Å²) in [4.78, 5) is 0. The Balaban J connectivity index is 2.20. The minimum atomic E-state index is 0.429. The Morgan fingerprint density at radius 2 is 2.00 bits per heavy atom. The van der Waals surface area contributed by atoms with Crippen molar-refractivity contribution in [1.29, 1.82) is 0 Å². The number of likely N-dealkylation sites (N-methyl/N-ethyl adjacent to an activating group) is 1. The van der Waals surface area contributed by atoms with Gasteiger partial charge < -0.3 is 5.32 Å². The lowest BCUT2D eigenvalue weighted by Gasteiger charge is -2.16.